The highest BCUT2D eigenvalue weighted by Gasteiger charge is 2.59. The highest BCUT2D eigenvalue weighted by molar-refractivity contribution is 14.1. The van der Waals surface area contributed by atoms with Gasteiger partial charge in [-0.3, -0.25) is 0 Å². The van der Waals surface area contributed by atoms with E-state index in [9.17, 15) is 0 Å². The summed E-state index contributed by atoms with van der Waals surface area (Å²) in [5.74, 6) is 5.13. The van der Waals surface area contributed by atoms with Crippen LogP contribution in [0.4, 0.5) is 0 Å². The Morgan fingerprint density at radius 3 is 2.36 bits per heavy atom. The molecule has 0 bridgehead atoms. The van der Waals surface area contributed by atoms with Crippen molar-refractivity contribution in [1.29, 1.82) is 0 Å². The largest absolute Gasteiger partial charge is 0.316 e. The van der Waals surface area contributed by atoms with E-state index in [0.717, 1.165) is 36.2 Å². The van der Waals surface area contributed by atoms with E-state index < -0.39 is 0 Å². The second kappa shape index (κ2) is 8.37. The topological polar surface area (TPSA) is 9.23 Å². The molecule has 0 heterocycles. The summed E-state index contributed by atoms with van der Waals surface area (Å²) in [6.45, 7) is 10.3. The fourth-order valence-corrected chi connectivity index (χ4v) is 8.32. The Morgan fingerprint density at radius 1 is 0.840 bits per heavy atom. The Bertz CT molecular complexity index is 438. The van der Waals surface area contributed by atoms with Gasteiger partial charge in [-0.25, -0.2) is 0 Å². The molecule has 4 aliphatic rings. The number of halogens is 1. The summed E-state index contributed by atoms with van der Waals surface area (Å²) in [6, 6.07) is 0. The van der Waals surface area contributed by atoms with Crippen LogP contribution in [0.2, 0.25) is 0 Å². The van der Waals surface area contributed by atoms with Crippen LogP contribution < -0.4 is 0 Å². The predicted molar refractivity (Wildman–Crippen MR) is 116 cm³/mol. The van der Waals surface area contributed by atoms with Gasteiger partial charge in [0.25, 0.3) is 0 Å². The smallest absolute Gasteiger partial charge is 0.109 e. The van der Waals surface area contributed by atoms with Crippen LogP contribution in [0.1, 0.15) is 98.3 Å². The Balaban J connectivity index is 0.000000880. The molecule has 0 saturated heterocycles. The zero-order valence-electron chi connectivity index (χ0n) is 17.2. The molecule has 0 spiro atoms. The van der Waals surface area contributed by atoms with Crippen molar-refractivity contribution >= 4 is 23.0 Å². The molecule has 0 radical (unpaired) electrons. The first kappa shape index (κ1) is 20.4. The number of fused-ring (bicyclic) bond motifs is 5. The lowest BCUT2D eigenvalue weighted by Crippen LogP contribution is -2.52. The van der Waals surface area contributed by atoms with Gasteiger partial charge in [-0.1, -0.05) is 40.5 Å². The van der Waals surface area contributed by atoms with E-state index in [4.69, 9.17) is 3.07 Å². The normalized spacial score (nSPS) is 48.6. The highest BCUT2D eigenvalue weighted by Crippen LogP contribution is 2.67. The van der Waals surface area contributed by atoms with E-state index in [1.807, 2.05) is 13.8 Å². The fourth-order valence-electron chi connectivity index (χ4n) is 8.06. The maximum absolute atomic E-state index is 5.39. The molecule has 146 valence electrons. The molecule has 25 heavy (non-hydrogen) atoms. The second-order valence-corrected chi connectivity index (χ2v) is 10.4. The first-order valence-corrected chi connectivity index (χ1v) is 12.2. The van der Waals surface area contributed by atoms with Gasteiger partial charge in [-0.05, 0) is 98.2 Å². The maximum Gasteiger partial charge on any atom is 0.109 e. The van der Waals surface area contributed by atoms with Gasteiger partial charge < -0.3 is 3.07 Å². The average molecular weight is 460 g/mol. The monoisotopic (exact) mass is 460 g/mol. The van der Waals surface area contributed by atoms with Crippen LogP contribution in [0, 0.1) is 40.4 Å². The summed E-state index contributed by atoms with van der Waals surface area (Å²) in [4.78, 5) is 0. The van der Waals surface area contributed by atoms with Gasteiger partial charge >= 0.3 is 0 Å². The van der Waals surface area contributed by atoms with E-state index in [-0.39, 0.29) is 0 Å². The molecule has 7 atom stereocenters. The summed E-state index contributed by atoms with van der Waals surface area (Å²) in [6.07, 6.45) is 16.5. The lowest BCUT2D eigenvalue weighted by molar-refractivity contribution is -0.111. The molecule has 2 heteroatoms. The van der Waals surface area contributed by atoms with Crippen LogP contribution in [-0.2, 0) is 3.07 Å². The molecule has 4 fully saturated rings. The molecule has 0 aromatic rings. The SMILES string of the molecule is CC.C[C@]12CCCCC1CCC1C2CC[C@]2(C)C(CCOI)CCC12. The van der Waals surface area contributed by atoms with Crippen molar-refractivity contribution in [3.8, 4) is 0 Å². The van der Waals surface area contributed by atoms with Crippen LogP contribution in [0.5, 0.6) is 0 Å². The Morgan fingerprint density at radius 2 is 1.60 bits per heavy atom. The van der Waals surface area contributed by atoms with E-state index >= 15 is 0 Å². The van der Waals surface area contributed by atoms with Gasteiger partial charge in [0.05, 0.1) is 6.61 Å². The third kappa shape index (κ3) is 3.45. The molecule has 5 unspecified atom stereocenters. The van der Waals surface area contributed by atoms with Gasteiger partial charge in [-0.2, -0.15) is 0 Å². The van der Waals surface area contributed by atoms with Crippen molar-refractivity contribution in [2.45, 2.75) is 98.3 Å². The molecular formula is C23H41IO. The first-order valence-electron chi connectivity index (χ1n) is 11.3. The molecule has 0 aromatic carbocycles. The Hall–Kier alpha value is 0.690. The van der Waals surface area contributed by atoms with Crippen molar-refractivity contribution in [2.75, 3.05) is 6.61 Å². The molecule has 0 aromatic heterocycles. The fraction of sp³-hybridized carbons (Fsp3) is 1.00. The van der Waals surface area contributed by atoms with Crippen molar-refractivity contribution in [1.82, 2.24) is 0 Å². The van der Waals surface area contributed by atoms with Gasteiger partial charge in [0.1, 0.15) is 23.0 Å². The minimum Gasteiger partial charge on any atom is -0.316 e. The van der Waals surface area contributed by atoms with Crippen LogP contribution in [0.25, 0.3) is 0 Å². The Kier molecular flexibility index (Phi) is 6.84. The number of rotatable bonds is 3. The van der Waals surface area contributed by atoms with Gasteiger partial charge in [-0.15, -0.1) is 0 Å². The van der Waals surface area contributed by atoms with E-state index in [1.54, 1.807) is 12.8 Å². The second-order valence-electron chi connectivity index (χ2n) is 9.82. The highest BCUT2D eigenvalue weighted by atomic mass is 127. The molecule has 4 rings (SSSR count). The standard InChI is InChI=1S/C21H35IO.C2H6/c1-20-12-4-3-5-15(20)6-8-17-18-9-7-16(11-14-23-22)21(18,2)13-10-19(17)20;1-2/h15-19H,3-14H2,1-2H3;1-2H3/t15?,16?,17?,18?,19?,20-,21+;/m0./s1. The predicted octanol–water partition coefficient (Wildman–Crippen LogP) is 7.82. The molecule has 0 aliphatic heterocycles. The van der Waals surface area contributed by atoms with Crippen LogP contribution >= 0.6 is 23.0 Å². The van der Waals surface area contributed by atoms with Crippen molar-refractivity contribution < 1.29 is 3.07 Å². The molecule has 4 saturated carbocycles. The lowest BCUT2D eigenvalue weighted by Gasteiger charge is -2.60. The maximum atomic E-state index is 5.39. The third-order valence-corrected chi connectivity index (χ3v) is 9.76. The summed E-state index contributed by atoms with van der Waals surface area (Å²) in [7, 11) is 0. The van der Waals surface area contributed by atoms with Crippen LogP contribution in [-0.4, -0.2) is 6.61 Å². The van der Waals surface area contributed by atoms with E-state index in [1.165, 1.54) is 57.8 Å². The summed E-state index contributed by atoms with van der Waals surface area (Å²) in [5, 5.41) is 0. The number of hydrogen-bond acceptors (Lipinski definition) is 1. The minimum absolute atomic E-state index is 0.633. The van der Waals surface area contributed by atoms with Crippen molar-refractivity contribution in [3.63, 3.8) is 0 Å². The van der Waals surface area contributed by atoms with E-state index in [0.29, 0.717) is 10.8 Å². The quantitative estimate of drug-likeness (QED) is 0.390. The number of hydrogen-bond donors (Lipinski definition) is 0. The summed E-state index contributed by atoms with van der Waals surface area (Å²) < 4.78 is 5.39. The average Bonchev–Trinajstić information content (AvgIpc) is 2.97. The molecule has 0 N–H and O–H groups in total. The zero-order chi connectivity index (χ0) is 18.1. The van der Waals surface area contributed by atoms with Gasteiger partial charge in [0.2, 0.25) is 0 Å². The first-order chi connectivity index (χ1) is 12.1. The van der Waals surface area contributed by atoms with Crippen LogP contribution in [0.3, 0.4) is 0 Å². The van der Waals surface area contributed by atoms with Gasteiger partial charge in [0, 0.05) is 0 Å². The van der Waals surface area contributed by atoms with Crippen molar-refractivity contribution in [3.05, 3.63) is 0 Å². The molecule has 1 nitrogen and oxygen atoms in total. The molecular weight excluding hydrogens is 419 g/mol. The zero-order valence-corrected chi connectivity index (χ0v) is 19.3. The molecule has 0 amide bonds. The molecule has 4 aliphatic carbocycles. The van der Waals surface area contributed by atoms with Gasteiger partial charge in [0.15, 0.2) is 0 Å². The lowest BCUT2D eigenvalue weighted by atomic mass is 9.45. The Labute approximate surface area is 171 Å². The minimum atomic E-state index is 0.633. The van der Waals surface area contributed by atoms with Crippen LogP contribution in [0.15, 0.2) is 0 Å². The third-order valence-electron chi connectivity index (χ3n) is 9.32. The van der Waals surface area contributed by atoms with E-state index in [2.05, 4.69) is 36.9 Å². The summed E-state index contributed by atoms with van der Waals surface area (Å²) >= 11 is 2.08. The van der Waals surface area contributed by atoms with Crippen molar-refractivity contribution in [2.24, 2.45) is 40.4 Å². The summed E-state index contributed by atoms with van der Waals surface area (Å²) in [5.41, 5.74) is 1.33.